The quantitative estimate of drug-likeness (QED) is 0.134. The number of aromatic nitrogens is 4. The lowest BCUT2D eigenvalue weighted by atomic mass is 9.80. The van der Waals surface area contributed by atoms with Crippen molar-refractivity contribution in [2.45, 2.75) is 71.4 Å². The van der Waals surface area contributed by atoms with Crippen molar-refractivity contribution in [1.29, 1.82) is 0 Å². The molecule has 12 heteroatoms. The molecule has 2 heterocycles. The molecular formula is C39H49N9O3. The summed E-state index contributed by atoms with van der Waals surface area (Å²) in [6.07, 6.45) is 4.60. The number of carbonyl (C=O) groups is 3. The van der Waals surface area contributed by atoms with E-state index in [0.29, 0.717) is 36.0 Å². The molecule has 12 nitrogen and oxygen atoms in total. The molecule has 0 radical (unpaired) electrons. The third-order valence-electron chi connectivity index (χ3n) is 10.6. The van der Waals surface area contributed by atoms with E-state index in [1.165, 1.54) is 0 Å². The van der Waals surface area contributed by atoms with Gasteiger partial charge in [-0.25, -0.2) is 5.10 Å². The van der Waals surface area contributed by atoms with Crippen LogP contribution in [-0.2, 0) is 16.0 Å². The molecule has 2 aliphatic rings. The number of nitrogens with one attached hydrogen (secondary N) is 5. The van der Waals surface area contributed by atoms with Gasteiger partial charge >= 0.3 is 0 Å². The minimum absolute atomic E-state index is 0.0142. The molecule has 0 bridgehead atoms. The van der Waals surface area contributed by atoms with Crippen LogP contribution in [0.5, 0.6) is 0 Å². The van der Waals surface area contributed by atoms with Crippen LogP contribution < -0.4 is 27.0 Å². The average Bonchev–Trinajstić information content (AvgIpc) is 3.68. The number of tetrazole rings is 1. The summed E-state index contributed by atoms with van der Waals surface area (Å²) in [5.41, 5.74) is 11.8. The molecule has 3 aromatic carbocycles. The average molecular weight is 692 g/mol. The van der Waals surface area contributed by atoms with Gasteiger partial charge < -0.3 is 27.0 Å². The standard InChI is InChI=1S/C39H49N9O3/c1-24-20-30(37(50)44-34-18-19-41-23-39(34,2)3)14-17-32(24)27-8-4-25(5-9-27)21-33(43-36(49)29-10-6-26(22-40)7-11-29)38(51)42-31-15-12-28(13-16-31)35-45-47-48-46-35/h4-5,8-9,12-17,20,26,29,33-34,41H,6-7,10-11,18-19,21-23,40H2,1-3H3,(H,42,51)(H,43,49)(H,44,50)(H,45,46,47,48)/t26-,29-,33-,34?/m0/s1. The highest BCUT2D eigenvalue weighted by molar-refractivity contribution is 5.98. The first-order valence-electron chi connectivity index (χ1n) is 18.0. The Morgan fingerprint density at radius 1 is 0.941 bits per heavy atom. The molecule has 0 spiro atoms. The van der Waals surface area contributed by atoms with Gasteiger partial charge in [-0.05, 0) is 133 Å². The number of anilines is 1. The number of aryl methyl sites for hydroxylation is 1. The normalized spacial score (nSPS) is 20.6. The zero-order valence-corrected chi connectivity index (χ0v) is 29.7. The van der Waals surface area contributed by atoms with Gasteiger partial charge in [-0.15, -0.1) is 5.10 Å². The molecule has 1 saturated carbocycles. The Labute approximate surface area is 299 Å². The molecule has 268 valence electrons. The van der Waals surface area contributed by atoms with Crippen LogP contribution >= 0.6 is 0 Å². The number of aromatic amines is 1. The number of hydrogen-bond acceptors (Lipinski definition) is 8. The van der Waals surface area contributed by atoms with Crippen molar-refractivity contribution in [3.8, 4) is 22.5 Å². The van der Waals surface area contributed by atoms with E-state index in [-0.39, 0.29) is 35.1 Å². The maximum absolute atomic E-state index is 13.7. The van der Waals surface area contributed by atoms with Gasteiger partial charge in [0.2, 0.25) is 11.8 Å². The Kier molecular flexibility index (Phi) is 11.2. The van der Waals surface area contributed by atoms with Crippen LogP contribution in [0.4, 0.5) is 5.69 Å². The maximum Gasteiger partial charge on any atom is 0.251 e. The van der Waals surface area contributed by atoms with Crippen LogP contribution in [0.25, 0.3) is 22.5 Å². The number of carbonyl (C=O) groups excluding carboxylic acids is 3. The molecule has 4 aromatic rings. The predicted octanol–water partition coefficient (Wildman–Crippen LogP) is 4.39. The van der Waals surface area contributed by atoms with E-state index in [9.17, 15) is 14.4 Å². The van der Waals surface area contributed by atoms with E-state index in [0.717, 1.165) is 73.0 Å². The molecule has 2 fully saturated rings. The van der Waals surface area contributed by atoms with Crippen molar-refractivity contribution in [2.75, 3.05) is 25.0 Å². The van der Waals surface area contributed by atoms with Crippen LogP contribution in [0.3, 0.4) is 0 Å². The number of hydrogen-bond donors (Lipinski definition) is 6. The molecule has 1 aromatic heterocycles. The lowest BCUT2D eigenvalue weighted by Crippen LogP contribution is -2.54. The lowest BCUT2D eigenvalue weighted by Gasteiger charge is -2.39. The van der Waals surface area contributed by atoms with E-state index in [2.05, 4.69) is 55.7 Å². The van der Waals surface area contributed by atoms with Crippen molar-refractivity contribution >= 4 is 23.4 Å². The molecule has 7 N–H and O–H groups in total. The number of rotatable bonds is 11. The number of amides is 3. The van der Waals surface area contributed by atoms with E-state index in [1.807, 2.05) is 61.5 Å². The van der Waals surface area contributed by atoms with Crippen LogP contribution in [0, 0.1) is 24.2 Å². The number of nitrogens with zero attached hydrogens (tertiary/aromatic N) is 3. The summed E-state index contributed by atoms with van der Waals surface area (Å²) in [4.78, 5) is 40.3. The Balaban J connectivity index is 1.14. The van der Waals surface area contributed by atoms with E-state index >= 15 is 0 Å². The second-order valence-corrected chi connectivity index (χ2v) is 14.7. The number of benzene rings is 3. The highest BCUT2D eigenvalue weighted by Crippen LogP contribution is 2.30. The largest absolute Gasteiger partial charge is 0.349 e. The Morgan fingerprint density at radius 3 is 2.31 bits per heavy atom. The third-order valence-corrected chi connectivity index (χ3v) is 10.6. The summed E-state index contributed by atoms with van der Waals surface area (Å²) >= 11 is 0. The van der Waals surface area contributed by atoms with Crippen LogP contribution in [0.1, 0.15) is 67.4 Å². The van der Waals surface area contributed by atoms with Crippen LogP contribution in [0.2, 0.25) is 0 Å². The Morgan fingerprint density at radius 2 is 1.67 bits per heavy atom. The first-order chi connectivity index (χ1) is 24.6. The van der Waals surface area contributed by atoms with E-state index in [4.69, 9.17) is 5.73 Å². The summed E-state index contributed by atoms with van der Waals surface area (Å²) in [6, 6.07) is 20.4. The van der Waals surface area contributed by atoms with Crippen molar-refractivity contribution in [3.05, 3.63) is 83.4 Å². The second-order valence-electron chi connectivity index (χ2n) is 14.7. The lowest BCUT2D eigenvalue weighted by molar-refractivity contribution is -0.130. The summed E-state index contributed by atoms with van der Waals surface area (Å²) in [6.45, 7) is 8.78. The van der Waals surface area contributed by atoms with Gasteiger partial charge in [0.15, 0.2) is 5.82 Å². The highest BCUT2D eigenvalue weighted by Gasteiger charge is 2.33. The Bertz CT molecular complexity index is 1800. The molecule has 3 amide bonds. The van der Waals surface area contributed by atoms with Gasteiger partial charge in [-0.2, -0.15) is 0 Å². The summed E-state index contributed by atoms with van der Waals surface area (Å²) in [7, 11) is 0. The first-order valence-corrected chi connectivity index (χ1v) is 18.0. The van der Waals surface area contributed by atoms with Gasteiger partial charge in [0.05, 0.1) is 0 Å². The molecule has 1 saturated heterocycles. The highest BCUT2D eigenvalue weighted by atomic mass is 16.2. The fourth-order valence-corrected chi connectivity index (χ4v) is 7.25. The van der Waals surface area contributed by atoms with Crippen LogP contribution in [0.15, 0.2) is 66.7 Å². The molecule has 6 rings (SSSR count). The van der Waals surface area contributed by atoms with Gasteiger partial charge in [-0.1, -0.05) is 44.2 Å². The minimum atomic E-state index is -0.779. The van der Waals surface area contributed by atoms with Crippen molar-refractivity contribution in [3.63, 3.8) is 0 Å². The third kappa shape index (κ3) is 8.87. The van der Waals surface area contributed by atoms with Gasteiger partial charge in [0.1, 0.15) is 6.04 Å². The van der Waals surface area contributed by atoms with Crippen LogP contribution in [-0.4, -0.2) is 70.1 Å². The van der Waals surface area contributed by atoms with Gasteiger partial charge in [0, 0.05) is 41.7 Å². The molecule has 1 aliphatic heterocycles. The minimum Gasteiger partial charge on any atom is -0.349 e. The number of H-pyrrole nitrogens is 1. The zero-order chi connectivity index (χ0) is 36.0. The predicted molar refractivity (Wildman–Crippen MR) is 198 cm³/mol. The van der Waals surface area contributed by atoms with Gasteiger partial charge in [0.25, 0.3) is 5.91 Å². The maximum atomic E-state index is 13.7. The van der Waals surface area contributed by atoms with Gasteiger partial charge in [-0.3, -0.25) is 14.4 Å². The molecule has 1 unspecified atom stereocenters. The summed E-state index contributed by atoms with van der Waals surface area (Å²) in [5.74, 6) is 0.389. The SMILES string of the molecule is Cc1cc(C(=O)NC2CCNCC2(C)C)ccc1-c1ccc(C[C@H](NC(=O)[C@H]2CC[C@H](CN)CC2)C(=O)Nc2ccc(-c3nnn[nH]3)cc2)cc1. The zero-order valence-electron chi connectivity index (χ0n) is 29.7. The number of nitrogens with two attached hydrogens (primary N) is 1. The van der Waals surface area contributed by atoms with Crippen molar-refractivity contribution < 1.29 is 14.4 Å². The molecule has 51 heavy (non-hydrogen) atoms. The fourth-order valence-electron chi connectivity index (χ4n) is 7.25. The Hall–Kier alpha value is -4.94. The molecule has 2 atom stereocenters. The van der Waals surface area contributed by atoms with Crippen molar-refractivity contribution in [1.82, 2.24) is 36.6 Å². The van der Waals surface area contributed by atoms with Crippen molar-refractivity contribution in [2.24, 2.45) is 23.0 Å². The summed E-state index contributed by atoms with van der Waals surface area (Å²) in [5, 5.41) is 26.6. The smallest absolute Gasteiger partial charge is 0.251 e. The first kappa shape index (κ1) is 35.9. The summed E-state index contributed by atoms with van der Waals surface area (Å²) < 4.78 is 0. The van der Waals surface area contributed by atoms with E-state index in [1.54, 1.807) is 12.1 Å². The van der Waals surface area contributed by atoms with E-state index < -0.39 is 6.04 Å². The molecule has 1 aliphatic carbocycles. The monoisotopic (exact) mass is 691 g/mol. The number of piperidine rings is 1. The molecular weight excluding hydrogens is 642 g/mol. The topological polar surface area (TPSA) is 180 Å². The second kappa shape index (κ2) is 15.9. The fraction of sp³-hybridized carbons (Fsp3) is 0.436.